The second-order valence-corrected chi connectivity index (χ2v) is 5.86. The molecule has 0 bridgehead atoms. The summed E-state index contributed by atoms with van der Waals surface area (Å²) in [5.74, 6) is 0.864. The fraction of sp³-hybridized carbons (Fsp3) is 0.909. The van der Waals surface area contributed by atoms with E-state index >= 15 is 0 Å². The van der Waals surface area contributed by atoms with Crippen molar-refractivity contribution in [3.8, 4) is 0 Å². The molecule has 1 aliphatic rings. The van der Waals surface area contributed by atoms with Gasteiger partial charge < -0.3 is 5.11 Å². The first-order valence-corrected chi connectivity index (χ1v) is 7.25. The van der Waals surface area contributed by atoms with Crippen LogP contribution in [0, 0.1) is 5.92 Å². The molecule has 0 amide bonds. The predicted octanol–water partition coefficient (Wildman–Crippen LogP) is 1.73. The van der Waals surface area contributed by atoms with Crippen LogP contribution in [0.5, 0.6) is 0 Å². The third-order valence-corrected chi connectivity index (χ3v) is 4.66. The van der Waals surface area contributed by atoms with Gasteiger partial charge in [-0.25, -0.2) is 4.68 Å². The van der Waals surface area contributed by atoms with Crippen LogP contribution in [-0.4, -0.2) is 37.2 Å². The zero-order chi connectivity index (χ0) is 12.1. The Morgan fingerprint density at radius 1 is 1.47 bits per heavy atom. The molecule has 96 valence electrons. The molecular formula is C11H20N4OS. The molecule has 0 aliphatic heterocycles. The minimum atomic E-state index is 0.0842. The third kappa shape index (κ3) is 3.42. The Bertz CT molecular complexity index is 344. The van der Waals surface area contributed by atoms with Crippen molar-refractivity contribution in [3.63, 3.8) is 0 Å². The van der Waals surface area contributed by atoms with Crippen LogP contribution in [0.25, 0.3) is 0 Å². The first-order valence-electron chi connectivity index (χ1n) is 6.37. The van der Waals surface area contributed by atoms with Crippen LogP contribution in [0.1, 0.15) is 39.0 Å². The Labute approximate surface area is 106 Å². The number of aliphatic hydroxyl groups is 1. The molecule has 1 N–H and O–H groups in total. The van der Waals surface area contributed by atoms with Gasteiger partial charge in [0.1, 0.15) is 0 Å². The molecule has 2 unspecified atom stereocenters. The molecule has 17 heavy (non-hydrogen) atoms. The van der Waals surface area contributed by atoms with Gasteiger partial charge in [0, 0.05) is 5.25 Å². The Morgan fingerprint density at radius 3 is 3.12 bits per heavy atom. The van der Waals surface area contributed by atoms with E-state index in [4.69, 9.17) is 5.11 Å². The lowest BCUT2D eigenvalue weighted by molar-refractivity contribution is 0.262. The first kappa shape index (κ1) is 12.8. The van der Waals surface area contributed by atoms with Gasteiger partial charge in [0.15, 0.2) is 0 Å². The number of hydrogen-bond donors (Lipinski definition) is 1. The van der Waals surface area contributed by atoms with Crippen molar-refractivity contribution >= 4 is 11.8 Å². The smallest absolute Gasteiger partial charge is 0.209 e. The van der Waals surface area contributed by atoms with Crippen molar-refractivity contribution < 1.29 is 5.11 Å². The second-order valence-electron chi connectivity index (χ2n) is 4.59. The molecule has 1 heterocycles. The lowest BCUT2D eigenvalue weighted by Gasteiger charge is -2.27. The summed E-state index contributed by atoms with van der Waals surface area (Å²) in [6.07, 6.45) is 6.49. The van der Waals surface area contributed by atoms with E-state index in [2.05, 4.69) is 22.4 Å². The zero-order valence-corrected chi connectivity index (χ0v) is 11.1. The fourth-order valence-corrected chi connectivity index (χ4v) is 3.67. The summed E-state index contributed by atoms with van der Waals surface area (Å²) in [5, 5.41) is 22.0. The molecule has 5 nitrogen and oxygen atoms in total. The summed E-state index contributed by atoms with van der Waals surface area (Å²) in [7, 11) is 0. The number of aromatic nitrogens is 4. The average Bonchev–Trinajstić information content (AvgIpc) is 2.78. The maximum absolute atomic E-state index is 8.92. The lowest BCUT2D eigenvalue weighted by Crippen LogP contribution is -2.18. The van der Waals surface area contributed by atoms with E-state index < -0.39 is 0 Å². The summed E-state index contributed by atoms with van der Waals surface area (Å²) >= 11 is 1.77. The van der Waals surface area contributed by atoms with Gasteiger partial charge in [-0.2, -0.15) is 0 Å². The topological polar surface area (TPSA) is 63.8 Å². The Morgan fingerprint density at radius 2 is 2.35 bits per heavy atom. The summed E-state index contributed by atoms with van der Waals surface area (Å²) in [6.45, 7) is 2.84. The van der Waals surface area contributed by atoms with Crippen molar-refractivity contribution in [1.29, 1.82) is 0 Å². The molecule has 0 radical (unpaired) electrons. The van der Waals surface area contributed by atoms with Gasteiger partial charge in [0.05, 0.1) is 13.2 Å². The number of thioether (sulfide) groups is 1. The van der Waals surface area contributed by atoms with E-state index in [1.54, 1.807) is 16.4 Å². The number of hydrogen-bond acceptors (Lipinski definition) is 5. The van der Waals surface area contributed by atoms with Crippen molar-refractivity contribution in [2.24, 2.45) is 5.92 Å². The van der Waals surface area contributed by atoms with Crippen LogP contribution in [0.2, 0.25) is 0 Å². The van der Waals surface area contributed by atoms with Gasteiger partial charge in [-0.05, 0) is 29.2 Å². The molecule has 1 aromatic rings. The Kier molecular flexibility index (Phi) is 4.79. The van der Waals surface area contributed by atoms with Crippen LogP contribution in [-0.2, 0) is 6.54 Å². The van der Waals surface area contributed by atoms with Crippen LogP contribution in [0.15, 0.2) is 5.16 Å². The number of aliphatic hydroxyl groups excluding tert-OH is 1. The zero-order valence-electron chi connectivity index (χ0n) is 10.2. The van der Waals surface area contributed by atoms with E-state index in [0.717, 1.165) is 11.1 Å². The molecule has 2 atom stereocenters. The summed E-state index contributed by atoms with van der Waals surface area (Å²) in [5.41, 5.74) is 0. The lowest BCUT2D eigenvalue weighted by atomic mass is 9.87. The van der Waals surface area contributed by atoms with Gasteiger partial charge in [-0.1, -0.05) is 37.9 Å². The molecular weight excluding hydrogens is 236 g/mol. The van der Waals surface area contributed by atoms with E-state index in [1.165, 1.54) is 32.1 Å². The highest BCUT2D eigenvalue weighted by molar-refractivity contribution is 7.99. The molecule has 0 saturated heterocycles. The number of tetrazole rings is 1. The fourth-order valence-electron chi connectivity index (χ4n) is 2.38. The van der Waals surface area contributed by atoms with Crippen molar-refractivity contribution in [1.82, 2.24) is 20.2 Å². The molecule has 6 heteroatoms. The molecule has 2 rings (SSSR count). The number of nitrogens with zero attached hydrogens (tertiary/aromatic N) is 4. The van der Waals surface area contributed by atoms with Crippen molar-refractivity contribution in [2.45, 2.75) is 56.0 Å². The average molecular weight is 256 g/mol. The first-order chi connectivity index (χ1) is 8.33. The van der Waals surface area contributed by atoms with Gasteiger partial charge in [-0.3, -0.25) is 0 Å². The monoisotopic (exact) mass is 256 g/mol. The van der Waals surface area contributed by atoms with Crippen LogP contribution < -0.4 is 0 Å². The molecule has 0 aromatic carbocycles. The normalized spacial score (nSPS) is 25.1. The number of rotatable bonds is 5. The molecule has 1 aromatic heterocycles. The van der Waals surface area contributed by atoms with Gasteiger partial charge in [0.2, 0.25) is 5.16 Å². The van der Waals surface area contributed by atoms with Gasteiger partial charge in [0.25, 0.3) is 0 Å². The SMILES string of the molecule is CCC1CCCC(Sc2nnnn2CCO)C1. The maximum atomic E-state index is 8.92. The molecule has 0 spiro atoms. The highest BCUT2D eigenvalue weighted by Crippen LogP contribution is 2.36. The summed E-state index contributed by atoms with van der Waals surface area (Å²) in [6, 6.07) is 0. The van der Waals surface area contributed by atoms with Crippen molar-refractivity contribution in [3.05, 3.63) is 0 Å². The van der Waals surface area contributed by atoms with Crippen LogP contribution >= 0.6 is 11.8 Å². The molecule has 1 aliphatic carbocycles. The highest BCUT2D eigenvalue weighted by atomic mass is 32.2. The Hall–Kier alpha value is -0.620. The minimum Gasteiger partial charge on any atom is -0.394 e. The second kappa shape index (κ2) is 6.35. The van der Waals surface area contributed by atoms with Gasteiger partial charge in [-0.15, -0.1) is 5.10 Å². The standard InChI is InChI=1S/C11H20N4OS/c1-2-9-4-3-5-10(8-9)17-11-12-13-14-15(11)6-7-16/h9-10,16H,2-8H2,1H3. The van der Waals surface area contributed by atoms with Crippen molar-refractivity contribution in [2.75, 3.05) is 6.61 Å². The predicted molar refractivity (Wildman–Crippen MR) is 66.8 cm³/mol. The highest BCUT2D eigenvalue weighted by Gasteiger charge is 2.23. The third-order valence-electron chi connectivity index (χ3n) is 3.39. The largest absolute Gasteiger partial charge is 0.394 e. The van der Waals surface area contributed by atoms with Crippen LogP contribution in [0.4, 0.5) is 0 Å². The van der Waals surface area contributed by atoms with E-state index in [0.29, 0.717) is 11.8 Å². The van der Waals surface area contributed by atoms with Crippen LogP contribution in [0.3, 0.4) is 0 Å². The molecule has 1 fully saturated rings. The van der Waals surface area contributed by atoms with E-state index in [-0.39, 0.29) is 6.61 Å². The van der Waals surface area contributed by atoms with E-state index in [1.807, 2.05) is 0 Å². The molecule has 1 saturated carbocycles. The quantitative estimate of drug-likeness (QED) is 0.869. The maximum Gasteiger partial charge on any atom is 0.209 e. The summed E-state index contributed by atoms with van der Waals surface area (Å²) < 4.78 is 1.69. The van der Waals surface area contributed by atoms with Gasteiger partial charge >= 0.3 is 0 Å². The Balaban J connectivity index is 1.93. The summed E-state index contributed by atoms with van der Waals surface area (Å²) in [4.78, 5) is 0. The van der Waals surface area contributed by atoms with E-state index in [9.17, 15) is 0 Å². The minimum absolute atomic E-state index is 0.0842.